The van der Waals surface area contributed by atoms with Gasteiger partial charge in [0.05, 0.1) is 30.2 Å². The number of benzene rings is 2. The molecule has 27 heavy (non-hydrogen) atoms. The number of hydrogen-bond donors (Lipinski definition) is 2. The second-order valence-electron chi connectivity index (χ2n) is 6.19. The molecule has 1 amide bonds. The van der Waals surface area contributed by atoms with E-state index >= 15 is 0 Å². The molecular formula is C18H19ClN2O5S. The minimum atomic E-state index is -3.43. The first-order valence-electron chi connectivity index (χ1n) is 8.22. The Morgan fingerprint density at radius 3 is 2.63 bits per heavy atom. The average Bonchev–Trinajstić information content (AvgIpc) is 2.82. The number of aryl methyl sites for hydroxylation is 1. The number of ether oxygens (including phenoxy) is 2. The summed E-state index contributed by atoms with van der Waals surface area (Å²) in [5, 5.41) is 3.03. The summed E-state index contributed by atoms with van der Waals surface area (Å²) in [6.07, 6.45) is 1.80. The zero-order chi connectivity index (χ0) is 19.6. The molecule has 1 heterocycles. The average molecular weight is 411 g/mol. The third kappa shape index (κ3) is 4.84. The summed E-state index contributed by atoms with van der Waals surface area (Å²) in [6, 6.07) is 8.04. The van der Waals surface area contributed by atoms with Gasteiger partial charge >= 0.3 is 0 Å². The van der Waals surface area contributed by atoms with E-state index in [9.17, 15) is 13.2 Å². The number of sulfonamides is 1. The van der Waals surface area contributed by atoms with Crippen LogP contribution in [0.1, 0.15) is 22.3 Å². The molecule has 2 aromatic carbocycles. The van der Waals surface area contributed by atoms with E-state index in [4.69, 9.17) is 21.1 Å². The summed E-state index contributed by atoms with van der Waals surface area (Å²) in [7, 11) is -3.43. The number of anilines is 2. The van der Waals surface area contributed by atoms with Gasteiger partial charge < -0.3 is 14.8 Å². The van der Waals surface area contributed by atoms with Crippen LogP contribution in [0.2, 0.25) is 5.02 Å². The highest BCUT2D eigenvalue weighted by molar-refractivity contribution is 7.92. The predicted molar refractivity (Wildman–Crippen MR) is 105 cm³/mol. The SMILES string of the molecule is Cc1ccc(NC(=O)c2cc(Cl)c3c(c2)OCCCO3)cc1NS(C)(=O)=O. The van der Waals surface area contributed by atoms with Crippen molar-refractivity contribution in [3.05, 3.63) is 46.5 Å². The van der Waals surface area contributed by atoms with Gasteiger partial charge in [-0.25, -0.2) is 8.42 Å². The van der Waals surface area contributed by atoms with E-state index in [1.54, 1.807) is 31.2 Å². The number of carbonyl (C=O) groups is 1. The van der Waals surface area contributed by atoms with E-state index in [0.29, 0.717) is 46.7 Å². The van der Waals surface area contributed by atoms with Crippen LogP contribution in [-0.4, -0.2) is 33.8 Å². The molecule has 0 radical (unpaired) electrons. The number of halogens is 1. The van der Waals surface area contributed by atoms with Crippen molar-refractivity contribution in [1.82, 2.24) is 0 Å². The van der Waals surface area contributed by atoms with Gasteiger partial charge in [-0.05, 0) is 36.8 Å². The highest BCUT2D eigenvalue weighted by Crippen LogP contribution is 2.38. The highest BCUT2D eigenvalue weighted by Gasteiger charge is 2.19. The number of rotatable bonds is 4. The van der Waals surface area contributed by atoms with Gasteiger partial charge in [-0.3, -0.25) is 9.52 Å². The van der Waals surface area contributed by atoms with E-state index in [0.717, 1.165) is 18.2 Å². The van der Waals surface area contributed by atoms with Crippen molar-refractivity contribution in [2.24, 2.45) is 0 Å². The Bertz CT molecular complexity index is 991. The number of nitrogens with one attached hydrogen (secondary N) is 2. The molecule has 7 nitrogen and oxygen atoms in total. The van der Waals surface area contributed by atoms with Gasteiger partial charge in [0, 0.05) is 17.7 Å². The lowest BCUT2D eigenvalue weighted by Crippen LogP contribution is -2.14. The fourth-order valence-corrected chi connectivity index (χ4v) is 3.46. The standard InChI is InChI=1S/C18H19ClN2O5S/c1-11-4-5-13(10-15(11)21-27(2,23)24)20-18(22)12-8-14(19)17-16(9-12)25-6-3-7-26-17/h4-5,8-10,21H,3,6-7H2,1-2H3,(H,20,22). The number of carbonyl (C=O) groups excluding carboxylic acids is 1. The fraction of sp³-hybridized carbons (Fsp3) is 0.278. The van der Waals surface area contributed by atoms with Crippen LogP contribution in [0.4, 0.5) is 11.4 Å². The van der Waals surface area contributed by atoms with Crippen molar-refractivity contribution in [1.29, 1.82) is 0 Å². The highest BCUT2D eigenvalue weighted by atomic mass is 35.5. The minimum Gasteiger partial charge on any atom is -0.489 e. The Hall–Kier alpha value is -2.45. The Kier molecular flexibility index (Phi) is 5.48. The van der Waals surface area contributed by atoms with Gasteiger partial charge in [-0.15, -0.1) is 0 Å². The van der Waals surface area contributed by atoms with Gasteiger partial charge in [0.25, 0.3) is 5.91 Å². The summed E-state index contributed by atoms with van der Waals surface area (Å²) in [5.74, 6) is 0.455. The van der Waals surface area contributed by atoms with Crippen LogP contribution < -0.4 is 19.5 Å². The summed E-state index contributed by atoms with van der Waals surface area (Å²) >= 11 is 6.22. The van der Waals surface area contributed by atoms with Crippen LogP contribution in [0, 0.1) is 6.92 Å². The summed E-state index contributed by atoms with van der Waals surface area (Å²) in [4.78, 5) is 12.6. The van der Waals surface area contributed by atoms with Crippen LogP contribution >= 0.6 is 11.6 Å². The molecule has 0 unspecified atom stereocenters. The van der Waals surface area contributed by atoms with Crippen molar-refractivity contribution in [2.45, 2.75) is 13.3 Å². The van der Waals surface area contributed by atoms with Gasteiger partial charge in [-0.1, -0.05) is 17.7 Å². The van der Waals surface area contributed by atoms with Crippen LogP contribution in [0.15, 0.2) is 30.3 Å². The molecule has 0 saturated heterocycles. The molecule has 144 valence electrons. The molecule has 2 aromatic rings. The molecule has 3 rings (SSSR count). The molecule has 9 heteroatoms. The Balaban J connectivity index is 1.85. The van der Waals surface area contributed by atoms with Crippen LogP contribution in [0.25, 0.3) is 0 Å². The minimum absolute atomic E-state index is 0.294. The lowest BCUT2D eigenvalue weighted by molar-refractivity contribution is 0.102. The number of fused-ring (bicyclic) bond motifs is 1. The predicted octanol–water partition coefficient (Wildman–Crippen LogP) is 3.43. The molecule has 0 atom stereocenters. The van der Waals surface area contributed by atoms with Crippen molar-refractivity contribution in [2.75, 3.05) is 29.5 Å². The number of amides is 1. The summed E-state index contributed by atoms with van der Waals surface area (Å²) < 4.78 is 36.5. The third-order valence-corrected chi connectivity index (χ3v) is 4.73. The second-order valence-corrected chi connectivity index (χ2v) is 8.35. The molecule has 0 aliphatic carbocycles. The van der Waals surface area contributed by atoms with Gasteiger partial charge in [-0.2, -0.15) is 0 Å². The first kappa shape index (κ1) is 19.3. The first-order valence-corrected chi connectivity index (χ1v) is 10.5. The molecule has 1 aliphatic heterocycles. The summed E-state index contributed by atoms with van der Waals surface area (Å²) in [5.41, 5.74) is 1.88. The lowest BCUT2D eigenvalue weighted by Gasteiger charge is -2.13. The molecule has 0 spiro atoms. The van der Waals surface area contributed by atoms with E-state index < -0.39 is 15.9 Å². The maximum absolute atomic E-state index is 12.6. The van der Waals surface area contributed by atoms with Crippen LogP contribution in [0.5, 0.6) is 11.5 Å². The Morgan fingerprint density at radius 2 is 1.89 bits per heavy atom. The van der Waals surface area contributed by atoms with Crippen molar-refractivity contribution in [3.8, 4) is 11.5 Å². The lowest BCUT2D eigenvalue weighted by atomic mass is 10.1. The maximum Gasteiger partial charge on any atom is 0.255 e. The van der Waals surface area contributed by atoms with Crippen LogP contribution in [-0.2, 0) is 10.0 Å². The Labute approximate surface area is 162 Å². The van der Waals surface area contributed by atoms with Crippen molar-refractivity contribution in [3.63, 3.8) is 0 Å². The zero-order valence-electron chi connectivity index (χ0n) is 14.8. The normalized spacial score (nSPS) is 13.6. The van der Waals surface area contributed by atoms with Gasteiger partial charge in [0.2, 0.25) is 10.0 Å². The quantitative estimate of drug-likeness (QED) is 0.805. The monoisotopic (exact) mass is 410 g/mol. The maximum atomic E-state index is 12.6. The molecular weight excluding hydrogens is 392 g/mol. The zero-order valence-corrected chi connectivity index (χ0v) is 16.4. The largest absolute Gasteiger partial charge is 0.489 e. The van der Waals surface area contributed by atoms with E-state index in [1.807, 2.05) is 0 Å². The molecule has 0 bridgehead atoms. The molecule has 2 N–H and O–H groups in total. The fourth-order valence-electron chi connectivity index (χ4n) is 2.57. The topological polar surface area (TPSA) is 93.7 Å². The van der Waals surface area contributed by atoms with Crippen molar-refractivity contribution < 1.29 is 22.7 Å². The second kappa shape index (κ2) is 7.66. The van der Waals surface area contributed by atoms with Crippen LogP contribution in [0.3, 0.4) is 0 Å². The van der Waals surface area contributed by atoms with Crippen molar-refractivity contribution >= 4 is 38.9 Å². The Morgan fingerprint density at radius 1 is 1.15 bits per heavy atom. The molecule has 1 aliphatic rings. The van der Waals surface area contributed by atoms with E-state index in [-0.39, 0.29) is 0 Å². The molecule has 0 saturated carbocycles. The molecule has 0 fully saturated rings. The number of hydrogen-bond acceptors (Lipinski definition) is 5. The van der Waals surface area contributed by atoms with E-state index in [2.05, 4.69) is 10.0 Å². The van der Waals surface area contributed by atoms with Gasteiger partial charge in [0.15, 0.2) is 11.5 Å². The smallest absolute Gasteiger partial charge is 0.255 e. The van der Waals surface area contributed by atoms with Gasteiger partial charge in [0.1, 0.15) is 0 Å². The third-order valence-electron chi connectivity index (χ3n) is 3.86. The molecule has 0 aromatic heterocycles. The first-order chi connectivity index (χ1) is 12.7. The van der Waals surface area contributed by atoms with E-state index in [1.165, 1.54) is 6.07 Å². The summed E-state index contributed by atoms with van der Waals surface area (Å²) in [6.45, 7) is 2.74.